The fourth-order valence-electron chi connectivity index (χ4n) is 2.49. The summed E-state index contributed by atoms with van der Waals surface area (Å²) in [4.78, 5) is 0. The van der Waals surface area contributed by atoms with Crippen LogP contribution in [0, 0.1) is 29.1 Å². The first-order valence-corrected chi connectivity index (χ1v) is 7.97. The molecular formula is C17H29N3O2. The zero-order chi connectivity index (χ0) is 16.8. The number of aliphatic hydroxyl groups is 1. The molecule has 22 heavy (non-hydrogen) atoms. The average molecular weight is 307 g/mol. The Kier molecular flexibility index (Phi) is 7.05. The van der Waals surface area contributed by atoms with Crippen molar-refractivity contribution < 1.29 is 9.84 Å². The topological polar surface area (TPSA) is 81.9 Å². The fraction of sp³-hybridized carbons (Fsp3) is 0.765. The van der Waals surface area contributed by atoms with Crippen molar-refractivity contribution in [1.29, 1.82) is 5.26 Å². The Balaban J connectivity index is 2.39. The molecule has 2 N–H and O–H groups in total. The van der Waals surface area contributed by atoms with Crippen molar-refractivity contribution in [3.8, 4) is 6.07 Å². The summed E-state index contributed by atoms with van der Waals surface area (Å²) in [6.07, 6.45) is 3.38. The zero-order valence-corrected chi connectivity index (χ0v) is 14.4. The Labute approximate surface area is 133 Å². The van der Waals surface area contributed by atoms with Crippen LogP contribution in [0.1, 0.15) is 52.3 Å². The van der Waals surface area contributed by atoms with E-state index < -0.39 is 5.60 Å². The average Bonchev–Trinajstić information content (AvgIpc) is 2.88. The van der Waals surface area contributed by atoms with E-state index in [4.69, 9.17) is 10.00 Å². The van der Waals surface area contributed by atoms with E-state index in [-0.39, 0.29) is 0 Å². The molecule has 3 atom stereocenters. The number of ether oxygens (including phenoxy) is 1. The summed E-state index contributed by atoms with van der Waals surface area (Å²) in [5.74, 6) is 1.49. The van der Waals surface area contributed by atoms with Crippen LogP contribution < -0.4 is 0 Å². The van der Waals surface area contributed by atoms with Gasteiger partial charge in [0.15, 0.2) is 0 Å². The highest BCUT2D eigenvalue weighted by molar-refractivity contribution is 5.30. The van der Waals surface area contributed by atoms with Crippen LogP contribution in [0.4, 0.5) is 0 Å². The Bertz CT molecular complexity index is 485. The van der Waals surface area contributed by atoms with Gasteiger partial charge in [-0.05, 0) is 44.4 Å². The molecule has 0 aliphatic rings. The lowest BCUT2D eigenvalue weighted by Crippen LogP contribution is -2.27. The van der Waals surface area contributed by atoms with Crippen molar-refractivity contribution in [2.75, 3.05) is 13.2 Å². The lowest BCUT2D eigenvalue weighted by Gasteiger charge is -2.26. The van der Waals surface area contributed by atoms with Gasteiger partial charge in [0.25, 0.3) is 0 Å². The number of H-pyrrole nitrogens is 1. The van der Waals surface area contributed by atoms with Gasteiger partial charge in [-0.25, -0.2) is 0 Å². The lowest BCUT2D eigenvalue weighted by atomic mass is 9.81. The standard InChI is InChI=1S/C17H29N3O2/c1-12(6-7-22-11-17(4,5)21)14(3)13(2)8-16-15(9-18)10-19-20-16/h10,12-14,21H,6-8,11H2,1-5H3,(H,19,20)/t12-,13?,14+/m1/s1. The predicted octanol–water partition coefficient (Wildman–Crippen LogP) is 2.91. The number of nitriles is 1. The molecule has 0 bridgehead atoms. The molecule has 0 aromatic carbocycles. The fourth-order valence-corrected chi connectivity index (χ4v) is 2.49. The van der Waals surface area contributed by atoms with E-state index in [1.165, 1.54) is 0 Å². The Morgan fingerprint density at radius 2 is 2.05 bits per heavy atom. The van der Waals surface area contributed by atoms with Crippen LogP contribution >= 0.6 is 0 Å². The molecule has 1 rings (SSSR count). The minimum absolute atomic E-state index is 0.364. The maximum Gasteiger partial charge on any atom is 0.103 e. The molecule has 0 radical (unpaired) electrons. The molecule has 1 aromatic rings. The van der Waals surface area contributed by atoms with Crippen molar-refractivity contribution in [3.63, 3.8) is 0 Å². The molecule has 1 aromatic heterocycles. The quantitative estimate of drug-likeness (QED) is 0.687. The van der Waals surface area contributed by atoms with Crippen LogP contribution in [0.2, 0.25) is 0 Å². The van der Waals surface area contributed by atoms with Crippen LogP contribution in [0.15, 0.2) is 6.20 Å². The third-order valence-electron chi connectivity index (χ3n) is 4.33. The zero-order valence-electron chi connectivity index (χ0n) is 14.4. The van der Waals surface area contributed by atoms with E-state index in [1.54, 1.807) is 20.0 Å². The molecule has 0 fully saturated rings. The number of rotatable bonds is 9. The molecule has 0 saturated heterocycles. The van der Waals surface area contributed by atoms with Crippen molar-refractivity contribution in [2.24, 2.45) is 17.8 Å². The van der Waals surface area contributed by atoms with Crippen molar-refractivity contribution in [1.82, 2.24) is 10.2 Å². The van der Waals surface area contributed by atoms with Gasteiger partial charge in [0.05, 0.1) is 29.7 Å². The minimum atomic E-state index is -0.767. The Hall–Kier alpha value is -1.38. The van der Waals surface area contributed by atoms with E-state index in [2.05, 4.69) is 37.0 Å². The van der Waals surface area contributed by atoms with Gasteiger partial charge in [-0.2, -0.15) is 10.4 Å². The van der Waals surface area contributed by atoms with E-state index in [9.17, 15) is 5.11 Å². The van der Waals surface area contributed by atoms with Gasteiger partial charge in [0.1, 0.15) is 6.07 Å². The summed E-state index contributed by atoms with van der Waals surface area (Å²) >= 11 is 0. The number of nitrogens with zero attached hydrogens (tertiary/aromatic N) is 2. The summed E-state index contributed by atoms with van der Waals surface area (Å²) in [5, 5.41) is 25.5. The van der Waals surface area contributed by atoms with E-state index in [0.717, 1.165) is 18.5 Å². The number of hydrogen-bond donors (Lipinski definition) is 2. The van der Waals surface area contributed by atoms with Gasteiger partial charge in [-0.15, -0.1) is 0 Å². The predicted molar refractivity (Wildman–Crippen MR) is 86.2 cm³/mol. The molecule has 124 valence electrons. The van der Waals surface area contributed by atoms with Gasteiger partial charge in [0.2, 0.25) is 0 Å². The summed E-state index contributed by atoms with van der Waals surface area (Å²) in [6, 6.07) is 2.17. The van der Waals surface area contributed by atoms with Crippen LogP contribution in [0.3, 0.4) is 0 Å². The second kappa shape index (κ2) is 8.30. The molecule has 1 unspecified atom stereocenters. The number of nitrogens with one attached hydrogen (secondary N) is 1. The molecule has 0 aliphatic carbocycles. The molecule has 1 heterocycles. The molecule has 5 heteroatoms. The van der Waals surface area contributed by atoms with E-state index >= 15 is 0 Å². The second-order valence-electron chi connectivity index (χ2n) is 7.05. The minimum Gasteiger partial charge on any atom is -0.388 e. The molecule has 0 aliphatic heterocycles. The van der Waals surface area contributed by atoms with Crippen LogP contribution in [-0.2, 0) is 11.2 Å². The van der Waals surface area contributed by atoms with Gasteiger partial charge in [-0.3, -0.25) is 5.10 Å². The SMILES string of the molecule is CC(Cc1[nH]ncc1C#N)[C@@H](C)[C@H](C)CCOCC(C)(C)O. The first-order valence-electron chi connectivity index (χ1n) is 7.97. The summed E-state index contributed by atoms with van der Waals surface area (Å²) in [6.45, 7) is 11.2. The lowest BCUT2D eigenvalue weighted by molar-refractivity contribution is -0.0251. The summed E-state index contributed by atoms with van der Waals surface area (Å²) in [5.41, 5.74) is 0.795. The Morgan fingerprint density at radius 3 is 2.64 bits per heavy atom. The number of aromatic nitrogens is 2. The van der Waals surface area contributed by atoms with Crippen LogP contribution in [0.5, 0.6) is 0 Å². The highest BCUT2D eigenvalue weighted by atomic mass is 16.5. The van der Waals surface area contributed by atoms with Crippen molar-refractivity contribution in [2.45, 2.75) is 53.1 Å². The van der Waals surface area contributed by atoms with Crippen LogP contribution in [0.25, 0.3) is 0 Å². The summed E-state index contributed by atoms with van der Waals surface area (Å²) in [7, 11) is 0. The maximum atomic E-state index is 9.61. The first-order chi connectivity index (χ1) is 10.2. The van der Waals surface area contributed by atoms with E-state index in [1.807, 2.05) is 0 Å². The molecule has 0 saturated carbocycles. The van der Waals surface area contributed by atoms with Crippen molar-refractivity contribution >= 4 is 0 Å². The van der Waals surface area contributed by atoms with Crippen molar-refractivity contribution in [3.05, 3.63) is 17.5 Å². The van der Waals surface area contributed by atoms with E-state index in [0.29, 0.717) is 36.5 Å². The molecule has 0 spiro atoms. The molecule has 0 amide bonds. The normalized spacial score (nSPS) is 16.0. The van der Waals surface area contributed by atoms with Gasteiger partial charge in [-0.1, -0.05) is 20.8 Å². The van der Waals surface area contributed by atoms with Crippen LogP contribution in [-0.4, -0.2) is 34.1 Å². The number of aromatic amines is 1. The molecular weight excluding hydrogens is 278 g/mol. The highest BCUT2D eigenvalue weighted by Gasteiger charge is 2.21. The first kappa shape index (κ1) is 18.7. The monoisotopic (exact) mass is 307 g/mol. The number of hydrogen-bond acceptors (Lipinski definition) is 4. The second-order valence-corrected chi connectivity index (χ2v) is 7.05. The molecule has 5 nitrogen and oxygen atoms in total. The largest absolute Gasteiger partial charge is 0.388 e. The maximum absolute atomic E-state index is 9.61. The smallest absolute Gasteiger partial charge is 0.103 e. The van der Waals surface area contributed by atoms with Gasteiger partial charge >= 0.3 is 0 Å². The highest BCUT2D eigenvalue weighted by Crippen LogP contribution is 2.26. The Morgan fingerprint density at radius 1 is 1.36 bits per heavy atom. The third kappa shape index (κ3) is 6.17. The van der Waals surface area contributed by atoms with Gasteiger partial charge < -0.3 is 9.84 Å². The van der Waals surface area contributed by atoms with Gasteiger partial charge in [0, 0.05) is 6.61 Å². The summed E-state index contributed by atoms with van der Waals surface area (Å²) < 4.78 is 5.53. The third-order valence-corrected chi connectivity index (χ3v) is 4.33.